The van der Waals surface area contributed by atoms with Gasteiger partial charge in [0.25, 0.3) is 5.17 Å². The summed E-state index contributed by atoms with van der Waals surface area (Å²) in [6, 6.07) is 0. The minimum absolute atomic E-state index is 0. The van der Waals surface area contributed by atoms with Gasteiger partial charge in [0.05, 0.1) is 25.3 Å². The molecule has 0 aromatic heterocycles. The first-order chi connectivity index (χ1) is 5.74. The van der Waals surface area contributed by atoms with Crippen molar-refractivity contribution in [2.24, 2.45) is 4.99 Å². The predicted molar refractivity (Wildman–Crippen MR) is 52.4 cm³/mol. The molecular weight excluding hydrogens is 228 g/mol. The second kappa shape index (κ2) is 8.05. The summed E-state index contributed by atoms with van der Waals surface area (Å²) in [5, 5.41) is 9.52. The molecule has 1 saturated heterocycles. The molecular formula is C7H15ClN2O3S. The number of amidine groups is 1. The standard InChI is InChI=1S/C7H12N2O2S.ClH.H2O/c1-8-7-9(4-5-12-7)3-2-6(10)11;;/h2-5H2,1H3,(H,10,11);1H;1H2. The van der Waals surface area contributed by atoms with Crippen LogP contribution >= 0.6 is 11.8 Å². The number of rotatable bonds is 3. The average Bonchev–Trinajstić information content (AvgIpc) is 2.47. The number of aliphatic imine (C=N–C) groups is 1. The lowest BCUT2D eigenvalue weighted by Gasteiger charge is -2.08. The highest BCUT2D eigenvalue weighted by atomic mass is 35.5. The Kier molecular flexibility index (Phi) is 9.28. The minimum atomic E-state index is -0.727. The molecule has 0 bridgehead atoms. The number of hydrogen-bond acceptors (Lipinski definition) is 3. The van der Waals surface area contributed by atoms with Gasteiger partial charge in [-0.1, -0.05) is 0 Å². The summed E-state index contributed by atoms with van der Waals surface area (Å²) in [5.74, 6) is 0.330. The molecule has 14 heavy (non-hydrogen) atoms. The van der Waals surface area contributed by atoms with Crippen LogP contribution in [0.2, 0.25) is 0 Å². The topological polar surface area (TPSA) is 85.6 Å². The van der Waals surface area contributed by atoms with E-state index >= 15 is 0 Å². The van der Waals surface area contributed by atoms with E-state index in [1.54, 1.807) is 18.8 Å². The summed E-state index contributed by atoms with van der Waals surface area (Å²) in [4.78, 5) is 15.6. The Hall–Kier alpha value is -0.300. The minimum Gasteiger partial charge on any atom is -1.00 e. The second-order valence-corrected chi connectivity index (χ2v) is 3.71. The number of hydrogen-bond donors (Lipinski definition) is 2. The Balaban J connectivity index is 0. The van der Waals surface area contributed by atoms with E-state index < -0.39 is 5.97 Å². The van der Waals surface area contributed by atoms with Crippen LogP contribution < -0.4 is 17.3 Å². The predicted octanol–water partition coefficient (Wildman–Crippen LogP) is -4.74. The lowest BCUT2D eigenvalue weighted by Crippen LogP contribution is -3.12. The van der Waals surface area contributed by atoms with Gasteiger partial charge in [-0.15, -0.1) is 0 Å². The molecule has 1 rings (SSSR count). The van der Waals surface area contributed by atoms with Crippen molar-refractivity contribution >= 4 is 22.9 Å². The fraction of sp³-hybridized carbons (Fsp3) is 0.714. The Morgan fingerprint density at radius 3 is 2.86 bits per heavy atom. The SMILES string of the molecule is CN=C1SCC[NH+]1CCC(=O)O.O.[Cl-]. The molecule has 1 aliphatic heterocycles. The number of aliphatic carboxylic acids is 1. The fourth-order valence-corrected chi connectivity index (χ4v) is 2.27. The Morgan fingerprint density at radius 2 is 2.36 bits per heavy atom. The maximum atomic E-state index is 10.3. The first kappa shape index (κ1) is 16.1. The largest absolute Gasteiger partial charge is 1.00 e. The normalized spacial score (nSPS) is 22.6. The van der Waals surface area contributed by atoms with E-state index in [0.29, 0.717) is 6.54 Å². The van der Waals surface area contributed by atoms with Gasteiger partial charge in [0.15, 0.2) is 0 Å². The van der Waals surface area contributed by atoms with Gasteiger partial charge in [-0.3, -0.25) is 9.69 Å². The lowest BCUT2D eigenvalue weighted by molar-refractivity contribution is -0.794. The number of thioether (sulfide) groups is 1. The van der Waals surface area contributed by atoms with Crippen LogP contribution in [0.4, 0.5) is 0 Å². The van der Waals surface area contributed by atoms with Crippen molar-refractivity contribution in [2.45, 2.75) is 6.42 Å². The number of carboxylic acids is 1. The van der Waals surface area contributed by atoms with Crippen LogP contribution in [0, 0.1) is 0 Å². The molecule has 84 valence electrons. The third-order valence-corrected chi connectivity index (χ3v) is 2.94. The highest BCUT2D eigenvalue weighted by Gasteiger charge is 2.24. The first-order valence-corrected chi connectivity index (χ1v) is 4.89. The highest BCUT2D eigenvalue weighted by Crippen LogP contribution is 2.02. The van der Waals surface area contributed by atoms with Gasteiger partial charge in [0.1, 0.15) is 0 Å². The van der Waals surface area contributed by atoms with Gasteiger partial charge in [0.2, 0.25) is 0 Å². The van der Waals surface area contributed by atoms with Crippen molar-refractivity contribution < 1.29 is 32.7 Å². The average molecular weight is 243 g/mol. The van der Waals surface area contributed by atoms with Gasteiger partial charge >= 0.3 is 5.97 Å². The van der Waals surface area contributed by atoms with Crippen LogP contribution in [0.5, 0.6) is 0 Å². The first-order valence-electron chi connectivity index (χ1n) is 3.90. The summed E-state index contributed by atoms with van der Waals surface area (Å²) in [6.45, 7) is 1.67. The van der Waals surface area contributed by atoms with E-state index in [-0.39, 0.29) is 24.3 Å². The number of carbonyl (C=O) groups is 1. The number of carboxylic acid groups (broad SMARTS) is 1. The van der Waals surface area contributed by atoms with Gasteiger partial charge < -0.3 is 23.0 Å². The maximum absolute atomic E-state index is 10.3. The number of halogens is 1. The van der Waals surface area contributed by atoms with E-state index in [1.807, 2.05) is 0 Å². The Labute approximate surface area is 93.3 Å². The van der Waals surface area contributed by atoms with Crippen LogP contribution in [-0.4, -0.2) is 47.6 Å². The molecule has 5 nitrogen and oxygen atoms in total. The van der Waals surface area contributed by atoms with Gasteiger partial charge in [-0.2, -0.15) is 0 Å². The smallest absolute Gasteiger partial charge is 0.309 e. The van der Waals surface area contributed by atoms with E-state index in [1.165, 1.54) is 4.90 Å². The van der Waals surface area contributed by atoms with Crippen LogP contribution in [0.15, 0.2) is 4.99 Å². The zero-order valence-electron chi connectivity index (χ0n) is 7.92. The summed E-state index contributed by atoms with van der Waals surface area (Å²) >= 11 is 1.72. The quantitative estimate of drug-likeness (QED) is 0.521. The van der Waals surface area contributed by atoms with Crippen LogP contribution in [0.1, 0.15) is 6.42 Å². The summed E-state index contributed by atoms with van der Waals surface area (Å²) in [7, 11) is 1.76. The number of nitrogens with zero attached hydrogens (tertiary/aromatic N) is 1. The number of quaternary nitrogens is 1. The summed E-state index contributed by atoms with van der Waals surface area (Å²) in [5.41, 5.74) is 0. The van der Waals surface area contributed by atoms with Gasteiger partial charge in [-0.25, -0.2) is 4.99 Å². The second-order valence-electron chi connectivity index (χ2n) is 2.62. The molecule has 1 unspecified atom stereocenters. The fourth-order valence-electron chi connectivity index (χ4n) is 1.19. The van der Waals surface area contributed by atoms with Crippen molar-refractivity contribution in [1.82, 2.24) is 0 Å². The molecule has 1 atom stereocenters. The molecule has 0 spiro atoms. The zero-order chi connectivity index (χ0) is 8.97. The van der Waals surface area contributed by atoms with Crippen molar-refractivity contribution in [3.8, 4) is 0 Å². The van der Waals surface area contributed by atoms with E-state index in [9.17, 15) is 4.79 Å². The molecule has 4 N–H and O–H groups in total. The molecule has 1 fully saturated rings. The van der Waals surface area contributed by atoms with Crippen molar-refractivity contribution in [3.63, 3.8) is 0 Å². The van der Waals surface area contributed by atoms with E-state index in [0.717, 1.165) is 17.5 Å². The zero-order valence-corrected chi connectivity index (χ0v) is 9.49. The van der Waals surface area contributed by atoms with Gasteiger partial charge in [-0.05, 0) is 11.8 Å². The van der Waals surface area contributed by atoms with Crippen molar-refractivity contribution in [2.75, 3.05) is 25.9 Å². The van der Waals surface area contributed by atoms with Gasteiger partial charge in [0, 0.05) is 7.05 Å². The summed E-state index contributed by atoms with van der Waals surface area (Å²) in [6.07, 6.45) is 0.231. The maximum Gasteiger partial charge on any atom is 0.309 e. The van der Waals surface area contributed by atoms with Crippen LogP contribution in [0.3, 0.4) is 0 Å². The number of nitrogens with one attached hydrogen (secondary N) is 1. The molecule has 0 radical (unpaired) electrons. The van der Waals surface area contributed by atoms with Crippen LogP contribution in [-0.2, 0) is 4.79 Å². The molecule has 0 saturated carbocycles. The van der Waals surface area contributed by atoms with E-state index in [4.69, 9.17) is 5.11 Å². The molecule has 0 amide bonds. The third-order valence-electron chi connectivity index (χ3n) is 1.79. The van der Waals surface area contributed by atoms with Crippen LogP contribution in [0.25, 0.3) is 0 Å². The summed E-state index contributed by atoms with van der Waals surface area (Å²) < 4.78 is 0. The molecule has 0 aliphatic carbocycles. The molecule has 7 heteroatoms. The molecule has 0 aromatic rings. The lowest BCUT2D eigenvalue weighted by atomic mass is 10.4. The third kappa shape index (κ3) is 4.80. The van der Waals surface area contributed by atoms with E-state index in [2.05, 4.69) is 4.99 Å². The Bertz CT molecular complexity index is 213. The Morgan fingerprint density at radius 1 is 1.71 bits per heavy atom. The molecule has 1 aliphatic rings. The highest BCUT2D eigenvalue weighted by molar-refractivity contribution is 8.13. The molecule has 0 aromatic carbocycles. The van der Waals surface area contributed by atoms with Crippen molar-refractivity contribution in [1.29, 1.82) is 0 Å². The van der Waals surface area contributed by atoms with Crippen molar-refractivity contribution in [3.05, 3.63) is 0 Å². The monoisotopic (exact) mass is 242 g/mol. The molecule has 1 heterocycles.